The van der Waals surface area contributed by atoms with Crippen LogP contribution in [0.15, 0.2) is 99.5 Å². The van der Waals surface area contributed by atoms with Crippen molar-refractivity contribution in [1.82, 2.24) is 15.0 Å². The number of fused-ring (bicyclic) bond motifs is 1. The van der Waals surface area contributed by atoms with Crippen molar-refractivity contribution in [2.24, 2.45) is 0 Å². The van der Waals surface area contributed by atoms with Crippen LogP contribution in [0.3, 0.4) is 0 Å². The first-order valence-corrected chi connectivity index (χ1v) is 15.7. The number of hydrogen-bond acceptors (Lipinski definition) is 6. The second-order valence-electron chi connectivity index (χ2n) is 8.95. The topological polar surface area (TPSA) is 93.8 Å². The van der Waals surface area contributed by atoms with Gasteiger partial charge in [0.15, 0.2) is 0 Å². The molecule has 3 aromatic carbocycles. The van der Waals surface area contributed by atoms with Crippen molar-refractivity contribution in [3.05, 3.63) is 101 Å². The van der Waals surface area contributed by atoms with Crippen molar-refractivity contribution < 1.29 is 4.79 Å². The van der Waals surface area contributed by atoms with Crippen LogP contribution in [0.25, 0.3) is 11.0 Å². The molecule has 2 heterocycles. The molecule has 190 valence electrons. The van der Waals surface area contributed by atoms with E-state index < -0.39 is 15.8 Å². The molecule has 3 N–H and O–H groups in total. The predicted octanol–water partition coefficient (Wildman–Crippen LogP) is 5.28. The quantitative estimate of drug-likeness (QED) is 0.185. The van der Waals surface area contributed by atoms with Crippen LogP contribution in [0.5, 0.6) is 0 Å². The summed E-state index contributed by atoms with van der Waals surface area (Å²) in [4.78, 5) is 29.2. The fraction of sp³-hybridized carbons (Fsp3) is 0.103. The molecular formula is C29H25AsBrN5OS. The number of hydrogen-bond donors (Lipinski definition) is 2. The zero-order valence-corrected chi connectivity index (χ0v) is 25.3. The third-order valence-corrected chi connectivity index (χ3v) is 10.6. The van der Waals surface area contributed by atoms with Crippen LogP contribution in [0.2, 0.25) is 0 Å². The van der Waals surface area contributed by atoms with Gasteiger partial charge in [0.1, 0.15) is 0 Å². The van der Waals surface area contributed by atoms with Gasteiger partial charge < -0.3 is 0 Å². The number of amides is 1. The zero-order valence-electron chi connectivity index (χ0n) is 20.8. The van der Waals surface area contributed by atoms with Gasteiger partial charge in [0.25, 0.3) is 0 Å². The van der Waals surface area contributed by atoms with Gasteiger partial charge in [0, 0.05) is 0 Å². The number of halogens is 1. The molecule has 0 bridgehead atoms. The van der Waals surface area contributed by atoms with Crippen LogP contribution in [-0.4, -0.2) is 36.6 Å². The van der Waals surface area contributed by atoms with Gasteiger partial charge in [-0.2, -0.15) is 0 Å². The number of carbonyl (C=O) groups excluding carboxylic acids is 1. The van der Waals surface area contributed by atoms with Crippen LogP contribution in [0, 0.1) is 0 Å². The maximum absolute atomic E-state index is 13.2. The molecule has 2 aromatic heterocycles. The van der Waals surface area contributed by atoms with Gasteiger partial charge in [-0.1, -0.05) is 0 Å². The molecule has 6 nitrogen and oxygen atoms in total. The van der Waals surface area contributed by atoms with E-state index >= 15 is 0 Å². The monoisotopic (exact) mass is 645 g/mol. The molecule has 9 heteroatoms. The van der Waals surface area contributed by atoms with E-state index in [1.54, 1.807) is 18.1 Å². The number of nitrogen functional groups attached to an aromatic ring is 1. The number of aromatic nitrogens is 3. The van der Waals surface area contributed by atoms with Gasteiger partial charge in [-0.05, 0) is 0 Å². The van der Waals surface area contributed by atoms with Crippen molar-refractivity contribution >= 4 is 80.6 Å². The summed E-state index contributed by atoms with van der Waals surface area (Å²) in [5.41, 5.74) is 9.68. The predicted molar refractivity (Wildman–Crippen MR) is 161 cm³/mol. The van der Waals surface area contributed by atoms with E-state index in [0.717, 1.165) is 45.6 Å². The fourth-order valence-corrected chi connectivity index (χ4v) is 7.84. The summed E-state index contributed by atoms with van der Waals surface area (Å²) in [6, 6.07) is 25.4. The number of nitrogens with one attached hydrogen (secondary N) is 1. The van der Waals surface area contributed by atoms with E-state index in [4.69, 9.17) is 10.7 Å². The minimum absolute atomic E-state index is 0.153. The van der Waals surface area contributed by atoms with Crippen LogP contribution in [0.4, 0.5) is 11.4 Å². The summed E-state index contributed by atoms with van der Waals surface area (Å²) in [6.07, 6.45) is 1.59. The van der Waals surface area contributed by atoms with Crippen molar-refractivity contribution in [2.75, 3.05) is 11.1 Å². The van der Waals surface area contributed by atoms with Gasteiger partial charge >= 0.3 is 242 Å². The minimum atomic E-state index is -0.930. The van der Waals surface area contributed by atoms with E-state index in [1.165, 1.54) is 0 Å². The maximum atomic E-state index is 13.2. The molecule has 0 fully saturated rings. The van der Waals surface area contributed by atoms with Crippen molar-refractivity contribution in [3.63, 3.8) is 0 Å². The molecule has 5 aromatic rings. The molecule has 0 aliphatic rings. The van der Waals surface area contributed by atoms with Crippen LogP contribution in [-0.2, 0) is 0 Å². The van der Waals surface area contributed by atoms with Crippen LogP contribution in [0.1, 0.15) is 35.8 Å². The number of nitrogens with two attached hydrogens (primary N) is 1. The summed E-state index contributed by atoms with van der Waals surface area (Å²) in [5.74, 6) is 0.165. The molecule has 38 heavy (non-hydrogen) atoms. The molecule has 0 aliphatic carbocycles. The Labute approximate surface area is 240 Å². The third-order valence-electron chi connectivity index (χ3n) is 5.81. The average Bonchev–Trinajstić information content (AvgIpc) is 2.92. The van der Waals surface area contributed by atoms with Crippen LogP contribution < -0.4 is 19.9 Å². The van der Waals surface area contributed by atoms with Crippen molar-refractivity contribution in [2.45, 2.75) is 29.6 Å². The number of pyridine rings is 1. The Kier molecular flexibility index (Phi) is 8.12. The van der Waals surface area contributed by atoms with Gasteiger partial charge in [-0.3, -0.25) is 0 Å². The Balaban J connectivity index is 1.51. The van der Waals surface area contributed by atoms with E-state index in [2.05, 4.69) is 57.2 Å². The summed E-state index contributed by atoms with van der Waals surface area (Å²) in [6.45, 7) is 4.24. The molecule has 0 radical (unpaired) electrons. The molecule has 1 unspecified atom stereocenters. The molecule has 1 amide bonds. The molecule has 0 saturated carbocycles. The molecule has 1 atom stereocenters. The SMILES string of the molecule is CC(C)c1ccc2c([AsH]c3cc(C(=O)Nc4ccc(Br)cc4)ccc3Sc3ccc(N)cc3)ncnc2n1. The zero-order chi connectivity index (χ0) is 26.6. The number of anilines is 2. The van der Waals surface area contributed by atoms with Crippen molar-refractivity contribution in [1.29, 1.82) is 0 Å². The van der Waals surface area contributed by atoms with Crippen LogP contribution >= 0.6 is 27.7 Å². The molecular weight excluding hydrogens is 621 g/mol. The van der Waals surface area contributed by atoms with E-state index in [-0.39, 0.29) is 5.91 Å². The fourth-order valence-electron chi connectivity index (χ4n) is 3.76. The Morgan fingerprint density at radius 3 is 2.47 bits per heavy atom. The van der Waals surface area contributed by atoms with E-state index in [1.807, 2.05) is 66.7 Å². The van der Waals surface area contributed by atoms with Crippen molar-refractivity contribution in [3.8, 4) is 0 Å². The second-order valence-corrected chi connectivity index (χ2v) is 13.6. The Bertz CT molecular complexity index is 1610. The number of benzene rings is 3. The molecule has 0 saturated heterocycles. The summed E-state index contributed by atoms with van der Waals surface area (Å²) < 4.78 is 3.06. The number of carbonyl (C=O) groups is 1. The first-order chi connectivity index (χ1) is 18.4. The summed E-state index contributed by atoms with van der Waals surface area (Å²) >= 11 is 4.16. The van der Waals surface area contributed by atoms with E-state index in [9.17, 15) is 4.79 Å². The molecule has 0 spiro atoms. The van der Waals surface area contributed by atoms with E-state index in [0.29, 0.717) is 17.1 Å². The molecule has 5 rings (SSSR count). The van der Waals surface area contributed by atoms with Gasteiger partial charge in [0.2, 0.25) is 0 Å². The molecule has 0 aliphatic heterocycles. The standard InChI is InChI=1S/C29H25AsBrN5OS/c1-17(2)25-13-12-23-27(33-16-34-28(23)36-25)30-24-15-18(29(37)35-21-8-4-19(31)5-9-21)3-14-26(24)38-22-10-6-20(32)7-11-22/h3-17,30H,32H2,1-2H3,(H,35,37). The third kappa shape index (κ3) is 6.26. The van der Waals surface area contributed by atoms with Gasteiger partial charge in [0.05, 0.1) is 0 Å². The average molecular weight is 646 g/mol. The Morgan fingerprint density at radius 1 is 0.974 bits per heavy atom. The first-order valence-electron chi connectivity index (χ1n) is 12.0. The summed E-state index contributed by atoms with van der Waals surface area (Å²) in [5, 5.41) is 3.96. The first kappa shape index (κ1) is 26.4. The van der Waals surface area contributed by atoms with Gasteiger partial charge in [-0.15, -0.1) is 0 Å². The second kappa shape index (κ2) is 11.7. The Hall–Kier alpha value is -3.19. The number of rotatable bonds is 7. The summed E-state index contributed by atoms with van der Waals surface area (Å²) in [7, 11) is 0. The normalized spacial score (nSPS) is 11.5. The van der Waals surface area contributed by atoms with Gasteiger partial charge in [-0.25, -0.2) is 0 Å². The number of nitrogens with zero attached hydrogens (tertiary/aromatic N) is 3. The Morgan fingerprint density at radius 2 is 1.74 bits per heavy atom.